The van der Waals surface area contributed by atoms with E-state index in [1.807, 2.05) is 67.5 Å². The second kappa shape index (κ2) is 11.0. The van der Waals surface area contributed by atoms with Crippen molar-refractivity contribution in [1.82, 2.24) is 9.80 Å². The van der Waals surface area contributed by atoms with Crippen LogP contribution in [0, 0.1) is 0 Å². The van der Waals surface area contributed by atoms with E-state index in [1.54, 1.807) is 30.3 Å². The highest BCUT2D eigenvalue weighted by Crippen LogP contribution is 2.29. The summed E-state index contributed by atoms with van der Waals surface area (Å²) in [5.74, 6) is 1.16. The van der Waals surface area contributed by atoms with Crippen LogP contribution in [0.1, 0.15) is 18.9 Å². The quantitative estimate of drug-likeness (QED) is 0.248. The Kier molecular flexibility index (Phi) is 8.08. The van der Waals surface area contributed by atoms with Crippen LogP contribution in [0.2, 0.25) is 5.02 Å². The van der Waals surface area contributed by atoms with Gasteiger partial charge in [0.2, 0.25) is 5.88 Å². The van der Waals surface area contributed by atoms with Gasteiger partial charge in [0.05, 0.1) is 13.5 Å². The van der Waals surface area contributed by atoms with Gasteiger partial charge in [0.1, 0.15) is 24.4 Å². The monoisotopic (exact) mass is 470 g/mol. The molecule has 1 aliphatic rings. The number of ether oxygens (including phenoxy) is 2. The molecule has 33 heavy (non-hydrogen) atoms. The molecule has 174 valence electrons. The lowest BCUT2D eigenvalue weighted by Crippen LogP contribution is -2.48. The van der Waals surface area contributed by atoms with Crippen molar-refractivity contribution in [3.05, 3.63) is 77.1 Å². The molecule has 0 aromatic heterocycles. The Bertz CT molecular complexity index is 1060. The first-order valence-corrected chi connectivity index (χ1v) is 10.7. The molecule has 8 nitrogen and oxygen atoms in total. The van der Waals surface area contributed by atoms with E-state index in [0.717, 1.165) is 5.56 Å². The van der Waals surface area contributed by atoms with Gasteiger partial charge in [-0.1, -0.05) is 47.1 Å². The Morgan fingerprint density at radius 1 is 1.18 bits per heavy atom. The molecule has 0 amide bonds. The van der Waals surface area contributed by atoms with Crippen molar-refractivity contribution in [2.45, 2.75) is 25.6 Å². The Balaban J connectivity index is 1.87. The molecular formula is C24H27ClN4O4. The maximum Gasteiger partial charge on any atom is 0.309 e. The number of para-hydroxylation sites is 1. The van der Waals surface area contributed by atoms with Gasteiger partial charge in [0.15, 0.2) is 5.84 Å². The number of methoxy groups -OCH3 is 1. The van der Waals surface area contributed by atoms with Crippen molar-refractivity contribution >= 4 is 29.7 Å². The summed E-state index contributed by atoms with van der Waals surface area (Å²) in [5, 5.41) is 4.85. The Morgan fingerprint density at radius 3 is 2.61 bits per heavy atom. The number of nitrogens with zero attached hydrogens (tertiary/aromatic N) is 4. The molecule has 0 saturated carbocycles. The second-order valence-electron chi connectivity index (χ2n) is 7.58. The third kappa shape index (κ3) is 6.34. The second-order valence-corrected chi connectivity index (χ2v) is 8.02. The first-order chi connectivity index (χ1) is 15.8. The zero-order valence-electron chi connectivity index (χ0n) is 19.1. The Morgan fingerprint density at radius 2 is 1.94 bits per heavy atom. The van der Waals surface area contributed by atoms with E-state index in [1.165, 1.54) is 7.11 Å². The predicted molar refractivity (Wildman–Crippen MR) is 128 cm³/mol. The zero-order chi connectivity index (χ0) is 23.8. The number of carbonyl (C=O) groups excluding carboxylic acids is 1. The molecular weight excluding hydrogens is 444 g/mol. The van der Waals surface area contributed by atoms with E-state index in [2.05, 4.69) is 10.1 Å². The van der Waals surface area contributed by atoms with Crippen LogP contribution in [0.4, 0.5) is 0 Å². The maximum atomic E-state index is 12.1. The highest BCUT2D eigenvalue weighted by Gasteiger charge is 2.38. The molecule has 0 saturated heterocycles. The lowest BCUT2D eigenvalue weighted by Gasteiger charge is -2.37. The summed E-state index contributed by atoms with van der Waals surface area (Å²) in [5.41, 5.74) is -0.0808. The minimum atomic E-state index is -0.977. The van der Waals surface area contributed by atoms with Crippen LogP contribution in [0.15, 0.2) is 76.7 Å². The molecule has 1 aliphatic heterocycles. The Labute approximate surface area is 198 Å². The first-order valence-electron chi connectivity index (χ1n) is 10.3. The lowest BCUT2D eigenvalue weighted by atomic mass is 10.0. The highest BCUT2D eigenvalue weighted by atomic mass is 35.5. The van der Waals surface area contributed by atoms with Crippen molar-refractivity contribution in [3.63, 3.8) is 0 Å². The first kappa shape index (κ1) is 24.3. The number of carbonyl (C=O) groups is 1. The molecule has 1 heterocycles. The van der Waals surface area contributed by atoms with Gasteiger partial charge in [-0.3, -0.25) is 14.6 Å². The summed E-state index contributed by atoms with van der Waals surface area (Å²) in [6.07, 6.45) is 3.36. The Hall–Kier alpha value is -3.36. The summed E-state index contributed by atoms with van der Waals surface area (Å²) in [4.78, 5) is 25.8. The zero-order valence-corrected chi connectivity index (χ0v) is 19.8. The molecule has 3 rings (SSSR count). The highest BCUT2D eigenvalue weighted by molar-refractivity contribution is 6.30. The van der Waals surface area contributed by atoms with Gasteiger partial charge in [0.25, 0.3) is 0 Å². The van der Waals surface area contributed by atoms with E-state index in [9.17, 15) is 4.79 Å². The lowest BCUT2D eigenvalue weighted by molar-refractivity contribution is -0.142. The summed E-state index contributed by atoms with van der Waals surface area (Å²) in [7, 11) is 5.02. The number of likely N-dealkylation sites (N-methyl/N-ethyl adjacent to an activating group) is 1. The molecule has 0 aliphatic carbocycles. The molecule has 1 atom stereocenters. The number of hydrogen-bond donors (Lipinski definition) is 0. The van der Waals surface area contributed by atoms with Crippen molar-refractivity contribution in [3.8, 4) is 5.75 Å². The van der Waals surface area contributed by atoms with Crippen LogP contribution in [0.3, 0.4) is 0 Å². The van der Waals surface area contributed by atoms with Gasteiger partial charge >= 0.3 is 5.97 Å². The van der Waals surface area contributed by atoms with Crippen molar-refractivity contribution in [2.75, 3.05) is 21.2 Å². The van der Waals surface area contributed by atoms with E-state index >= 15 is 0 Å². The van der Waals surface area contributed by atoms with Crippen molar-refractivity contribution < 1.29 is 19.1 Å². The average molecular weight is 471 g/mol. The number of hydrogen-bond acceptors (Lipinski definition) is 7. The van der Waals surface area contributed by atoms with Crippen LogP contribution in [0.25, 0.3) is 0 Å². The van der Waals surface area contributed by atoms with Crippen LogP contribution in [-0.2, 0) is 21.0 Å². The average Bonchev–Trinajstić information content (AvgIpc) is 2.79. The molecule has 0 spiro atoms. The molecule has 9 heteroatoms. The number of benzene rings is 2. The predicted octanol–water partition coefficient (Wildman–Crippen LogP) is 4.28. The molecule has 2 aromatic rings. The number of oxime groups is 1. The molecule has 0 fully saturated rings. The van der Waals surface area contributed by atoms with Gasteiger partial charge < -0.3 is 14.3 Å². The minimum absolute atomic E-state index is 0.0178. The summed E-state index contributed by atoms with van der Waals surface area (Å²) < 4.78 is 11.0. The van der Waals surface area contributed by atoms with Gasteiger partial charge in [-0.2, -0.15) is 0 Å². The number of esters is 1. The van der Waals surface area contributed by atoms with Crippen LogP contribution < -0.4 is 4.74 Å². The van der Waals surface area contributed by atoms with E-state index in [4.69, 9.17) is 25.9 Å². The topological polar surface area (TPSA) is 76.0 Å². The smallest absolute Gasteiger partial charge is 0.309 e. The number of halogens is 1. The fourth-order valence-corrected chi connectivity index (χ4v) is 3.32. The fraction of sp³-hybridized carbons (Fsp3) is 0.292. The third-order valence-electron chi connectivity index (χ3n) is 5.03. The largest absolute Gasteiger partial charge is 0.469 e. The normalized spacial score (nSPS) is 18.2. The van der Waals surface area contributed by atoms with E-state index < -0.39 is 5.66 Å². The third-order valence-corrected chi connectivity index (χ3v) is 5.26. The SMILES string of the molecule is COC(=O)CC1(N(C)C)C=C(Oc2ccccc2)N(C(C)=NOCc2cccc(Cl)c2)C=N1. The standard InChI is InChI=1S/C24H27ClN4O4/c1-18(27-32-16-19-9-8-10-20(25)13-19)29-17-26-24(28(2)3,15-23(30)31-4)14-22(29)33-21-11-6-5-7-12-21/h5-14,17H,15-16H2,1-4H3. The summed E-state index contributed by atoms with van der Waals surface area (Å²) >= 11 is 6.03. The fourth-order valence-electron chi connectivity index (χ4n) is 3.11. The van der Waals surface area contributed by atoms with E-state index in [-0.39, 0.29) is 19.0 Å². The van der Waals surface area contributed by atoms with Crippen LogP contribution in [-0.4, -0.2) is 54.8 Å². The van der Waals surface area contributed by atoms with Crippen molar-refractivity contribution in [1.29, 1.82) is 0 Å². The summed E-state index contributed by atoms with van der Waals surface area (Å²) in [6.45, 7) is 2.03. The molecule has 0 radical (unpaired) electrons. The summed E-state index contributed by atoms with van der Waals surface area (Å²) in [6, 6.07) is 16.7. The minimum Gasteiger partial charge on any atom is -0.469 e. The number of rotatable bonds is 8. The van der Waals surface area contributed by atoms with E-state index in [0.29, 0.717) is 22.5 Å². The van der Waals surface area contributed by atoms with Crippen LogP contribution in [0.5, 0.6) is 5.75 Å². The van der Waals surface area contributed by atoms with Gasteiger partial charge in [-0.05, 0) is 50.8 Å². The number of aliphatic imine (C=N–C) groups is 1. The van der Waals surface area contributed by atoms with Gasteiger partial charge in [-0.15, -0.1) is 0 Å². The van der Waals surface area contributed by atoms with Gasteiger partial charge in [-0.25, -0.2) is 4.99 Å². The molecule has 0 bridgehead atoms. The van der Waals surface area contributed by atoms with Crippen LogP contribution >= 0.6 is 11.6 Å². The maximum absolute atomic E-state index is 12.1. The molecule has 2 aromatic carbocycles. The van der Waals surface area contributed by atoms with Gasteiger partial charge in [0, 0.05) is 11.1 Å². The van der Waals surface area contributed by atoms with Crippen molar-refractivity contribution in [2.24, 2.45) is 10.1 Å². The number of amidine groups is 1. The molecule has 0 N–H and O–H groups in total. The molecule has 1 unspecified atom stereocenters.